The minimum Gasteiger partial charge on any atom is -0.444 e. The number of amidine groups is 1. The van der Waals surface area contributed by atoms with Crippen LogP contribution in [0.3, 0.4) is 0 Å². The van der Waals surface area contributed by atoms with Crippen LogP contribution in [-0.2, 0) is 16.0 Å². The monoisotopic (exact) mass is 321 g/mol. The Labute approximate surface area is 135 Å². The number of alkyl carbamates (subject to hydrolysis) is 1. The second-order valence-electron chi connectivity index (χ2n) is 6.13. The molecule has 0 heterocycles. The lowest BCUT2D eigenvalue weighted by atomic mass is 10.1. The second-order valence-corrected chi connectivity index (χ2v) is 6.13. The van der Waals surface area contributed by atoms with E-state index in [0.29, 0.717) is 12.2 Å². The number of carbonyl (C=O) groups is 2. The molecular weight excluding hydrogens is 298 g/mol. The molecule has 0 bridgehead atoms. The minimum absolute atomic E-state index is 0.0601. The SMILES string of the molecule is C[C@H](NC(=O)OC(C)(C)C)C(=O)Oc1ccc(CC(=N)N)cc1. The summed E-state index contributed by atoms with van der Waals surface area (Å²) in [6.07, 6.45) is -0.344. The fourth-order valence-electron chi connectivity index (χ4n) is 1.64. The molecule has 0 aliphatic rings. The quantitative estimate of drug-likeness (QED) is 0.332. The third kappa shape index (κ3) is 7.30. The molecule has 0 unspecified atom stereocenters. The molecule has 0 aliphatic heterocycles. The van der Waals surface area contributed by atoms with E-state index in [4.69, 9.17) is 20.6 Å². The second kappa shape index (κ2) is 7.62. The summed E-state index contributed by atoms with van der Waals surface area (Å²) in [5.41, 5.74) is 5.52. The summed E-state index contributed by atoms with van der Waals surface area (Å²) in [4.78, 5) is 23.5. The van der Waals surface area contributed by atoms with Crippen LogP contribution in [0.2, 0.25) is 0 Å². The number of carbonyl (C=O) groups excluding carboxylic acids is 2. The molecule has 0 radical (unpaired) electrons. The maximum absolute atomic E-state index is 11.9. The van der Waals surface area contributed by atoms with E-state index in [9.17, 15) is 9.59 Å². The standard InChI is InChI=1S/C16H23N3O4/c1-10(19-15(21)23-16(2,3)4)14(20)22-12-7-5-11(6-8-12)9-13(17)18/h5-8,10H,9H2,1-4H3,(H3,17,18)(H,19,21)/t10-/m0/s1. The zero-order valence-electron chi connectivity index (χ0n) is 13.8. The number of ether oxygens (including phenoxy) is 2. The third-order valence-electron chi connectivity index (χ3n) is 2.62. The van der Waals surface area contributed by atoms with Crippen LogP contribution in [0.1, 0.15) is 33.3 Å². The van der Waals surface area contributed by atoms with Crippen LogP contribution in [0.5, 0.6) is 5.75 Å². The van der Waals surface area contributed by atoms with Gasteiger partial charge < -0.3 is 20.5 Å². The molecule has 126 valence electrons. The number of hydrogen-bond acceptors (Lipinski definition) is 5. The maximum Gasteiger partial charge on any atom is 0.408 e. The van der Waals surface area contributed by atoms with Crippen LogP contribution in [0, 0.1) is 5.41 Å². The molecule has 0 saturated carbocycles. The number of rotatable bonds is 5. The van der Waals surface area contributed by atoms with Crippen molar-refractivity contribution in [2.75, 3.05) is 0 Å². The molecule has 23 heavy (non-hydrogen) atoms. The van der Waals surface area contributed by atoms with Gasteiger partial charge >= 0.3 is 12.1 Å². The van der Waals surface area contributed by atoms with Crippen molar-refractivity contribution < 1.29 is 19.1 Å². The predicted octanol–water partition coefficient (Wildman–Crippen LogP) is 1.98. The average Bonchev–Trinajstić information content (AvgIpc) is 2.37. The van der Waals surface area contributed by atoms with Crippen LogP contribution >= 0.6 is 0 Å². The summed E-state index contributed by atoms with van der Waals surface area (Å²) < 4.78 is 10.2. The molecule has 1 amide bonds. The van der Waals surface area contributed by atoms with Crippen molar-refractivity contribution in [2.24, 2.45) is 5.73 Å². The van der Waals surface area contributed by atoms with E-state index in [1.165, 1.54) is 6.92 Å². The average molecular weight is 321 g/mol. The third-order valence-corrected chi connectivity index (χ3v) is 2.62. The predicted molar refractivity (Wildman–Crippen MR) is 86.5 cm³/mol. The van der Waals surface area contributed by atoms with E-state index >= 15 is 0 Å². The summed E-state index contributed by atoms with van der Waals surface area (Å²) in [7, 11) is 0. The summed E-state index contributed by atoms with van der Waals surface area (Å²) >= 11 is 0. The van der Waals surface area contributed by atoms with Gasteiger partial charge in [0.05, 0.1) is 5.84 Å². The first-order valence-corrected chi connectivity index (χ1v) is 7.20. The first-order valence-electron chi connectivity index (χ1n) is 7.20. The molecule has 7 nitrogen and oxygen atoms in total. The van der Waals surface area contributed by atoms with Crippen LogP contribution in [0.4, 0.5) is 4.79 Å². The molecule has 1 rings (SSSR count). The molecule has 0 fully saturated rings. The highest BCUT2D eigenvalue weighted by Crippen LogP contribution is 2.13. The topological polar surface area (TPSA) is 114 Å². The Hall–Kier alpha value is -2.57. The van der Waals surface area contributed by atoms with E-state index in [-0.39, 0.29) is 5.84 Å². The zero-order valence-corrected chi connectivity index (χ0v) is 13.8. The molecule has 1 atom stereocenters. The normalized spacial score (nSPS) is 12.2. The lowest BCUT2D eigenvalue weighted by Crippen LogP contribution is -2.43. The number of nitrogens with two attached hydrogens (primary N) is 1. The zero-order chi connectivity index (χ0) is 17.6. The minimum atomic E-state index is -0.846. The number of nitrogens with one attached hydrogen (secondary N) is 2. The van der Waals surface area contributed by atoms with Gasteiger partial charge in [0.2, 0.25) is 0 Å². The van der Waals surface area contributed by atoms with E-state index in [0.717, 1.165) is 5.56 Å². The Morgan fingerprint density at radius 3 is 2.30 bits per heavy atom. The Bertz CT molecular complexity index is 576. The molecule has 1 aromatic carbocycles. The van der Waals surface area contributed by atoms with Crippen molar-refractivity contribution >= 4 is 17.9 Å². The number of hydrogen-bond donors (Lipinski definition) is 3. The highest BCUT2D eigenvalue weighted by molar-refractivity contribution is 5.82. The molecular formula is C16H23N3O4. The van der Waals surface area contributed by atoms with Gasteiger partial charge in [0.1, 0.15) is 17.4 Å². The van der Waals surface area contributed by atoms with Gasteiger partial charge in [-0.25, -0.2) is 9.59 Å². The van der Waals surface area contributed by atoms with Gasteiger partial charge in [0, 0.05) is 6.42 Å². The van der Waals surface area contributed by atoms with E-state index in [1.54, 1.807) is 45.0 Å². The van der Waals surface area contributed by atoms with Crippen molar-refractivity contribution in [3.05, 3.63) is 29.8 Å². The summed E-state index contributed by atoms with van der Waals surface area (Å²) in [6, 6.07) is 5.81. The van der Waals surface area contributed by atoms with Gasteiger partial charge in [-0.15, -0.1) is 0 Å². The fourth-order valence-corrected chi connectivity index (χ4v) is 1.64. The maximum atomic E-state index is 11.9. The van der Waals surface area contributed by atoms with Crippen molar-refractivity contribution in [2.45, 2.75) is 45.8 Å². The van der Waals surface area contributed by atoms with Gasteiger partial charge in [-0.2, -0.15) is 0 Å². The van der Waals surface area contributed by atoms with Crippen LogP contribution < -0.4 is 15.8 Å². The van der Waals surface area contributed by atoms with Crippen LogP contribution in [-0.4, -0.2) is 29.5 Å². The molecule has 0 spiro atoms. The van der Waals surface area contributed by atoms with Crippen molar-refractivity contribution in [1.29, 1.82) is 5.41 Å². The lowest BCUT2D eigenvalue weighted by Gasteiger charge is -2.21. The van der Waals surface area contributed by atoms with Gasteiger partial charge in [-0.3, -0.25) is 5.41 Å². The van der Waals surface area contributed by atoms with Gasteiger partial charge in [-0.05, 0) is 45.4 Å². The highest BCUT2D eigenvalue weighted by atomic mass is 16.6. The van der Waals surface area contributed by atoms with Crippen molar-refractivity contribution in [3.8, 4) is 5.75 Å². The van der Waals surface area contributed by atoms with Gasteiger partial charge in [-0.1, -0.05) is 12.1 Å². The van der Waals surface area contributed by atoms with Gasteiger partial charge in [0.15, 0.2) is 0 Å². The molecule has 0 saturated heterocycles. The molecule has 0 aromatic heterocycles. The van der Waals surface area contributed by atoms with E-state index in [1.807, 2.05) is 0 Å². The summed E-state index contributed by atoms with van der Waals surface area (Å²) in [6.45, 7) is 6.71. The van der Waals surface area contributed by atoms with E-state index in [2.05, 4.69) is 5.32 Å². The van der Waals surface area contributed by atoms with Crippen molar-refractivity contribution in [3.63, 3.8) is 0 Å². The summed E-state index contributed by atoms with van der Waals surface area (Å²) in [5.74, 6) is -0.194. The van der Waals surface area contributed by atoms with Crippen molar-refractivity contribution in [1.82, 2.24) is 5.32 Å². The molecule has 7 heteroatoms. The summed E-state index contributed by atoms with van der Waals surface area (Å²) in [5, 5.41) is 9.64. The molecule has 1 aromatic rings. The number of benzene rings is 1. The van der Waals surface area contributed by atoms with Crippen LogP contribution in [0.25, 0.3) is 0 Å². The number of esters is 1. The largest absolute Gasteiger partial charge is 0.444 e. The lowest BCUT2D eigenvalue weighted by molar-refractivity contribution is -0.136. The fraction of sp³-hybridized carbons (Fsp3) is 0.438. The van der Waals surface area contributed by atoms with Gasteiger partial charge in [0.25, 0.3) is 0 Å². The Morgan fingerprint density at radius 1 is 1.26 bits per heavy atom. The van der Waals surface area contributed by atoms with Crippen LogP contribution in [0.15, 0.2) is 24.3 Å². The number of amides is 1. The first-order chi connectivity index (χ1) is 10.6. The highest BCUT2D eigenvalue weighted by Gasteiger charge is 2.22. The smallest absolute Gasteiger partial charge is 0.408 e. The Morgan fingerprint density at radius 2 is 1.83 bits per heavy atom. The first kappa shape index (κ1) is 18.5. The Kier molecular flexibility index (Phi) is 6.12. The molecule has 4 N–H and O–H groups in total. The Balaban J connectivity index is 2.54. The van der Waals surface area contributed by atoms with E-state index < -0.39 is 23.7 Å². The molecule has 0 aliphatic carbocycles.